The first-order chi connectivity index (χ1) is 69.9. The summed E-state index contributed by atoms with van der Waals surface area (Å²) in [4.78, 5) is 87.1. The first kappa shape index (κ1) is 100. The van der Waals surface area contributed by atoms with Crippen molar-refractivity contribution in [2.75, 3.05) is 52.4 Å². The van der Waals surface area contributed by atoms with E-state index in [0.29, 0.717) is 91.0 Å². The predicted octanol–water partition coefficient (Wildman–Crippen LogP) is 20.4. The molecule has 6 aromatic carbocycles. The maximum atomic E-state index is 11.8. The number of carbonyl (C=O) groups excluding carboxylic acids is 6. The number of piperidine rings is 6. The number of primary amides is 6. The average Bonchev–Trinajstić information content (AvgIpc) is 1.28. The van der Waals surface area contributed by atoms with E-state index in [-0.39, 0.29) is 46.3 Å². The molecule has 145 heavy (non-hydrogen) atoms. The lowest BCUT2D eigenvalue weighted by atomic mass is 9.52. The Bertz CT molecular complexity index is 5690. The molecule has 18 heteroatoms. The van der Waals surface area contributed by atoms with Crippen LogP contribution in [0.25, 0.3) is 0 Å². The van der Waals surface area contributed by atoms with E-state index in [9.17, 15) is 28.8 Å². The van der Waals surface area contributed by atoms with Crippen molar-refractivity contribution >= 4 is 35.4 Å². The number of rotatable bonds is 18. The van der Waals surface area contributed by atoms with Gasteiger partial charge in [-0.15, -0.1) is 0 Å². The van der Waals surface area contributed by atoms with Crippen LogP contribution in [0.1, 0.15) is 409 Å². The van der Waals surface area contributed by atoms with Gasteiger partial charge in [-0.05, 0) is 494 Å². The van der Waals surface area contributed by atoms with Gasteiger partial charge in [0, 0.05) is 129 Å². The number of likely N-dealkylation sites (tertiary alicyclic amines) is 6. The van der Waals surface area contributed by atoms with Gasteiger partial charge in [0.15, 0.2) is 0 Å². The largest absolute Gasteiger partial charge is 0.366 e. The van der Waals surface area contributed by atoms with Crippen LogP contribution in [-0.4, -0.2) is 178 Å². The normalized spacial score (nSPS) is 35.1. The Morgan fingerprint density at radius 3 is 0.766 bits per heavy atom. The molecule has 6 heterocycles. The summed E-state index contributed by atoms with van der Waals surface area (Å²) in [5.74, 6) is 8.24. The van der Waals surface area contributed by atoms with Crippen LogP contribution in [0.5, 0.6) is 0 Å². The van der Waals surface area contributed by atoms with Gasteiger partial charge in [0.25, 0.3) is 0 Å². The lowest BCUT2D eigenvalue weighted by Crippen LogP contribution is -2.63. The van der Waals surface area contributed by atoms with Crippen molar-refractivity contribution in [2.24, 2.45) is 105 Å². The van der Waals surface area contributed by atoms with E-state index >= 15 is 0 Å². The third-order valence-electron chi connectivity index (χ3n) is 45.7. The third-order valence-corrected chi connectivity index (χ3v) is 45.7. The predicted molar refractivity (Wildman–Crippen MR) is 579 cm³/mol. The Hall–Kier alpha value is -8.10. The maximum Gasteiger partial charge on any atom is 0.248 e. The van der Waals surface area contributed by atoms with Crippen LogP contribution in [0, 0.1) is 71.0 Å². The molecule has 6 unspecified atom stereocenters. The van der Waals surface area contributed by atoms with Gasteiger partial charge in [-0.2, -0.15) is 0 Å². The summed E-state index contributed by atoms with van der Waals surface area (Å²) in [6.45, 7) is 29.4. The molecule has 16 fully saturated rings. The molecular formula is C127H174N12O6. The van der Waals surface area contributed by atoms with E-state index in [2.05, 4.69) is 158 Å². The van der Waals surface area contributed by atoms with Gasteiger partial charge in [0.1, 0.15) is 0 Å². The van der Waals surface area contributed by atoms with Crippen LogP contribution in [0.15, 0.2) is 109 Å². The number of fused-ring (bicyclic) bond motifs is 12. The van der Waals surface area contributed by atoms with Gasteiger partial charge in [-0.25, -0.2) is 0 Å². The minimum absolute atomic E-state index is 0.170. The van der Waals surface area contributed by atoms with Crippen LogP contribution in [0.3, 0.4) is 0 Å². The van der Waals surface area contributed by atoms with Crippen molar-refractivity contribution in [1.29, 1.82) is 0 Å². The summed E-state index contributed by atoms with van der Waals surface area (Å²) in [5.41, 5.74) is 56.5. The number of benzene rings is 6. The third kappa shape index (κ3) is 18.1. The smallest absolute Gasteiger partial charge is 0.248 e. The lowest BCUT2D eigenvalue weighted by Gasteiger charge is -2.60. The minimum atomic E-state index is -0.314. The number of amides is 6. The molecule has 12 bridgehead atoms. The van der Waals surface area contributed by atoms with Crippen molar-refractivity contribution in [3.05, 3.63) is 209 Å². The Balaban J connectivity index is 0.0000000962. The highest BCUT2D eigenvalue weighted by molar-refractivity contribution is 5.96. The molecule has 0 radical (unpaired) electrons. The summed E-state index contributed by atoms with van der Waals surface area (Å²) in [5, 5.41) is 0. The van der Waals surface area contributed by atoms with Gasteiger partial charge < -0.3 is 34.4 Å². The second-order valence-corrected chi connectivity index (χ2v) is 52.5. The fourth-order valence-corrected chi connectivity index (χ4v) is 36.0. The molecule has 16 aliphatic carbocycles. The Labute approximate surface area is 866 Å². The molecule has 0 aromatic heterocycles. The highest BCUT2D eigenvalue weighted by Gasteiger charge is 2.62. The number of carbonyl (C=O) groups is 6. The molecule has 28 rings (SSSR count). The lowest BCUT2D eigenvalue weighted by molar-refractivity contribution is -0.0343. The van der Waals surface area contributed by atoms with E-state index in [0.717, 1.165) is 121 Å². The van der Waals surface area contributed by atoms with E-state index in [1.165, 1.54) is 357 Å². The highest BCUT2D eigenvalue weighted by Crippen LogP contribution is 2.64. The summed E-state index contributed by atoms with van der Waals surface area (Å²) in [6, 6.07) is 44.6. The minimum Gasteiger partial charge on any atom is -0.366 e. The van der Waals surface area contributed by atoms with Crippen molar-refractivity contribution in [1.82, 2.24) is 29.4 Å². The summed E-state index contributed by atoms with van der Waals surface area (Å²) in [6.07, 6.45) is 54.4. The van der Waals surface area contributed by atoms with Crippen LogP contribution in [0.2, 0.25) is 0 Å². The number of hydrogen-bond donors (Lipinski definition) is 6. The summed E-state index contributed by atoms with van der Waals surface area (Å²) < 4.78 is 0. The zero-order valence-electron chi connectivity index (χ0n) is 89.3. The average molecular weight is 1960 g/mol. The molecule has 6 aliphatic heterocycles. The zero-order valence-corrected chi connectivity index (χ0v) is 89.3. The van der Waals surface area contributed by atoms with Crippen molar-refractivity contribution in [2.45, 2.75) is 412 Å². The van der Waals surface area contributed by atoms with E-state index in [1.54, 1.807) is 0 Å². The van der Waals surface area contributed by atoms with Crippen LogP contribution in [-0.2, 0) is 71.0 Å². The van der Waals surface area contributed by atoms with Crippen molar-refractivity contribution < 1.29 is 28.8 Å². The SMILES string of the molecule is CC1[C@H]2Cc3ccc(C(N)=O)cc3[C@]1(C)CCN2[C@@H](C)C1CC1.CC1[C@H]2Cc3ccc(C(N)=O)cc3[C@]1(C)CCN2[C@H](C)C1CC1.C[C@@H](C1CC1)N1CC[C@]23CCCCC2[C@H]1Cc1ccc(C(N)=O)cc13.C[C@H](C1CC1)N1CC[C@]23CCCCC2[C@H]1Cc1ccc(C(N)=O)cc13.NC(=O)c1ccc2c(c1)[C@@]13CCCCC1[C@@H](C2)N(CC1CC1)CC3.NC(=O)c1ccc2c(c1)[C@@]13CCCCC1[C@@H](C2)N(CC1CCC1)CC3. The standard InChI is InChI=1S/3C22H30N2O.C21H28N2O.2C20H28N2O/c2*1-14(15-5-6-15)24-11-10-22-9-3-2-4-18(22)20(24)13-16-7-8-17(21(23)25)12-19(16)22;23-21(25)17-8-7-16-13-20-18-6-1-2-9-22(18,19(16)12-17)10-11-24(20)14-15-4-3-5-15;22-20(24)16-7-6-15-12-19-17-3-1-2-8-21(17,18(15)11-16)9-10-23(19)13-14-4-5-14;2*1-12-18-11-15-6-7-16(19(21)23)10-17(15)20(12,3)8-9-22(18)13(2)14-4-5-14/h2*7-8,12,14-15,18,20H,2-6,9-11,13H2,1H3,(H2,23,25);7-8,12,15,18,20H,1-6,9-11,13-14H2,(H2,23,25);6-7,11,14,17,19H,1-5,8-10,12-13H2,(H2,22,24);2*6-7,10,12-14,18H,4-5,8-9,11H2,1-3H3,(H2,21,23)/t14-,18?,20+,22+;14-,18?,20-,22-;18?,20-,22-;17?,19-,21-;12?,13-,18+,20+;12?,13-,18-,20-/m011101/s1. The quantitative estimate of drug-likeness (QED) is 0.0469. The van der Waals surface area contributed by atoms with Crippen LogP contribution < -0.4 is 34.4 Å². The molecule has 6 amide bonds. The molecule has 778 valence electrons. The Kier molecular flexibility index (Phi) is 27.1. The molecule has 12 N–H and O–H groups in total. The molecule has 0 spiro atoms. The van der Waals surface area contributed by atoms with Crippen molar-refractivity contribution in [3.8, 4) is 0 Å². The fourth-order valence-electron chi connectivity index (χ4n) is 36.0. The maximum absolute atomic E-state index is 11.8. The molecule has 22 aliphatic rings. The molecule has 18 nitrogen and oxygen atoms in total. The number of nitrogens with zero attached hydrogens (tertiary/aromatic N) is 6. The summed E-state index contributed by atoms with van der Waals surface area (Å²) in [7, 11) is 0. The van der Waals surface area contributed by atoms with Gasteiger partial charge in [0.2, 0.25) is 35.4 Å². The molecule has 10 saturated carbocycles. The van der Waals surface area contributed by atoms with E-state index < -0.39 is 0 Å². The van der Waals surface area contributed by atoms with Gasteiger partial charge in [0.05, 0.1) is 0 Å². The Morgan fingerprint density at radius 2 is 0.503 bits per heavy atom. The monoisotopic (exact) mass is 1960 g/mol. The summed E-state index contributed by atoms with van der Waals surface area (Å²) >= 11 is 0. The fraction of sp³-hybridized carbons (Fsp3) is 0.669. The molecular weight excluding hydrogens is 1790 g/mol. The van der Waals surface area contributed by atoms with E-state index in [1.807, 2.05) is 36.4 Å². The van der Waals surface area contributed by atoms with Crippen LogP contribution >= 0.6 is 0 Å². The first-order valence-corrected chi connectivity index (χ1v) is 59.0. The topological polar surface area (TPSA) is 278 Å². The van der Waals surface area contributed by atoms with Crippen LogP contribution in [0.4, 0.5) is 0 Å². The molecule has 6 saturated heterocycles. The Morgan fingerprint density at radius 1 is 0.269 bits per heavy atom. The van der Waals surface area contributed by atoms with Gasteiger partial charge >= 0.3 is 0 Å². The highest BCUT2D eigenvalue weighted by atomic mass is 16.2. The first-order valence-electron chi connectivity index (χ1n) is 59.0. The molecule has 6 aromatic rings. The second kappa shape index (κ2) is 39.3. The van der Waals surface area contributed by atoms with Crippen molar-refractivity contribution in [3.63, 3.8) is 0 Å². The van der Waals surface area contributed by atoms with Gasteiger partial charge in [-0.1, -0.05) is 122 Å². The molecule has 22 atom stereocenters. The zero-order chi connectivity index (χ0) is 100. The van der Waals surface area contributed by atoms with Gasteiger partial charge in [-0.3, -0.25) is 58.2 Å². The second-order valence-electron chi connectivity index (χ2n) is 52.5. The van der Waals surface area contributed by atoms with E-state index in [4.69, 9.17) is 34.4 Å². The number of nitrogens with two attached hydrogens (primary N) is 6. The number of hydrogen-bond acceptors (Lipinski definition) is 12.